The molecule has 0 radical (unpaired) electrons. The van der Waals surface area contributed by atoms with E-state index in [-0.39, 0.29) is 0 Å². The highest BCUT2D eigenvalue weighted by Gasteiger charge is 1.36. The van der Waals surface area contributed by atoms with Crippen molar-refractivity contribution in [2.45, 2.75) is 137 Å². The van der Waals surface area contributed by atoms with Crippen LogP contribution in [0.3, 0.4) is 0 Å². The Morgan fingerprint density at radius 2 is 0.250 bits per heavy atom. The lowest BCUT2D eigenvalue weighted by molar-refractivity contribution is 1.09. The molecule has 0 bridgehead atoms. The third kappa shape index (κ3) is 0. The Labute approximate surface area is 138 Å². The summed E-state index contributed by atoms with van der Waals surface area (Å²) in [5.74, 6) is 0. The first-order valence-electron chi connectivity index (χ1n) is 9.83. The first-order chi connectivity index (χ1) is 9.83. The molecule has 0 fully saturated rings. The Balaban J connectivity index is -0.00000000981. The van der Waals surface area contributed by atoms with Gasteiger partial charge in [0.2, 0.25) is 0 Å². The van der Waals surface area contributed by atoms with Crippen LogP contribution in [0.2, 0.25) is 0 Å². The van der Waals surface area contributed by atoms with Gasteiger partial charge in [-0.25, -0.2) is 0 Å². The summed E-state index contributed by atoms with van der Waals surface area (Å²) in [6, 6.07) is 0. The van der Waals surface area contributed by atoms with Gasteiger partial charge in [0.05, 0.1) is 0 Å². The molecule has 0 aromatic heterocycles. The summed E-state index contributed by atoms with van der Waals surface area (Å²) in [7, 11) is 0. The van der Waals surface area contributed by atoms with Gasteiger partial charge in [-0.15, -0.1) is 0 Å². The fourth-order valence-electron chi connectivity index (χ4n) is 0. The smallest absolute Gasteiger partial charge is 0.0590 e. The van der Waals surface area contributed by atoms with Crippen molar-refractivity contribution in [1.82, 2.24) is 0 Å². The Morgan fingerprint density at radius 1 is 0.250 bits per heavy atom. The van der Waals surface area contributed by atoms with Crippen LogP contribution in [0, 0.1) is 0 Å². The quantitative estimate of drug-likeness (QED) is 0.417. The van der Waals surface area contributed by atoms with E-state index in [1.165, 1.54) is 12.8 Å². The molecule has 0 saturated carbocycles. The van der Waals surface area contributed by atoms with E-state index in [2.05, 4.69) is 27.7 Å². The summed E-state index contributed by atoms with van der Waals surface area (Å²) in [6.07, 6.45) is 2.50. The van der Waals surface area contributed by atoms with Crippen molar-refractivity contribution in [3.05, 3.63) is 0 Å². The van der Waals surface area contributed by atoms with E-state index in [4.69, 9.17) is 0 Å². The molecular formula is C20H58. The molecular weight excluding hydrogens is 240 g/mol. The average Bonchev–Trinajstić information content (AvgIpc) is 2.61. The van der Waals surface area contributed by atoms with Crippen LogP contribution in [0.25, 0.3) is 0 Å². The Kier molecular flexibility index (Phi) is 4590. The van der Waals surface area contributed by atoms with Crippen LogP contribution in [0.15, 0.2) is 0 Å². The normalized spacial score (nSPS) is 3.90. The van der Waals surface area contributed by atoms with E-state index in [0.717, 1.165) is 0 Å². The van der Waals surface area contributed by atoms with E-state index < -0.39 is 0 Å². The summed E-state index contributed by atoms with van der Waals surface area (Å²) in [4.78, 5) is 0. The zero-order chi connectivity index (χ0) is 19.4. The zero-order valence-corrected chi connectivity index (χ0v) is 19.4. The third-order valence-corrected chi connectivity index (χ3v) is 0. The highest BCUT2D eigenvalue weighted by Crippen LogP contribution is 1.56. The molecule has 0 aliphatic rings. The van der Waals surface area contributed by atoms with Gasteiger partial charge >= 0.3 is 0 Å². The van der Waals surface area contributed by atoms with Crippen molar-refractivity contribution in [2.24, 2.45) is 0 Å². The molecule has 0 heteroatoms. The molecule has 0 aliphatic heterocycles. The lowest BCUT2D eigenvalue weighted by Crippen LogP contribution is -1.27. The fraction of sp³-hybridized carbons (Fsp3) is 1.00. The van der Waals surface area contributed by atoms with E-state index in [0.29, 0.717) is 0 Å². The van der Waals surface area contributed by atoms with Crippen LogP contribution >= 0.6 is 0 Å². The van der Waals surface area contributed by atoms with Gasteiger partial charge in [0, 0.05) is 0 Å². The van der Waals surface area contributed by atoms with Crippen LogP contribution in [0.4, 0.5) is 0 Å². The van der Waals surface area contributed by atoms with Crippen molar-refractivity contribution in [2.75, 3.05) is 0 Å². The molecule has 0 heterocycles. The number of rotatable bonds is 0. The predicted molar refractivity (Wildman–Crippen MR) is 111 cm³/mol. The third-order valence-electron chi connectivity index (χ3n) is 0. The summed E-state index contributed by atoms with van der Waals surface area (Å²) in [5.41, 5.74) is 0. The SMILES string of the molecule is CC.CC.CC.CC.CC.CC.CC.CCC.CCC. The Bertz CT molecular complexity index is 2.00. The molecule has 0 aliphatic carbocycles. The molecule has 0 amide bonds. The molecule has 0 N–H and O–H groups in total. The number of hydrogen-bond acceptors (Lipinski definition) is 0. The minimum Gasteiger partial charge on any atom is -0.0683 e. The maximum atomic E-state index is 2.12. The molecule has 0 rings (SSSR count). The standard InChI is InChI=1S/2C3H8.7C2H6/c2*1-3-2;7*1-2/h2*3H2,1-2H3;7*1-2H3. The van der Waals surface area contributed by atoms with Gasteiger partial charge in [-0.3, -0.25) is 0 Å². The molecule has 0 unspecified atom stereocenters. The van der Waals surface area contributed by atoms with Crippen molar-refractivity contribution in [1.29, 1.82) is 0 Å². The van der Waals surface area contributed by atoms with E-state index in [9.17, 15) is 0 Å². The largest absolute Gasteiger partial charge is 0.0683 e. The molecule has 0 nitrogen and oxygen atoms in total. The predicted octanol–water partition coefficient (Wildman–Crippen LogP) is 10.0. The molecule has 20 heavy (non-hydrogen) atoms. The summed E-state index contributed by atoms with van der Waals surface area (Å²) in [5, 5.41) is 0. The van der Waals surface area contributed by atoms with Gasteiger partial charge in [-0.1, -0.05) is 137 Å². The van der Waals surface area contributed by atoms with E-state index in [1.807, 2.05) is 96.9 Å². The van der Waals surface area contributed by atoms with Crippen molar-refractivity contribution in [3.63, 3.8) is 0 Å². The molecule has 0 atom stereocenters. The molecule has 0 aromatic carbocycles. The highest BCUT2D eigenvalue weighted by atomic mass is 13.4. The van der Waals surface area contributed by atoms with Crippen LogP contribution in [0.5, 0.6) is 0 Å². The molecule has 0 spiro atoms. The van der Waals surface area contributed by atoms with Gasteiger partial charge in [-0.2, -0.15) is 0 Å². The summed E-state index contributed by atoms with van der Waals surface area (Å²) >= 11 is 0. The monoisotopic (exact) mass is 298 g/mol. The summed E-state index contributed by atoms with van der Waals surface area (Å²) in [6.45, 7) is 36.5. The van der Waals surface area contributed by atoms with Gasteiger partial charge in [-0.05, 0) is 0 Å². The fourth-order valence-corrected chi connectivity index (χ4v) is 0. The Hall–Kier alpha value is 0. The van der Waals surface area contributed by atoms with Crippen LogP contribution in [0.1, 0.15) is 137 Å². The van der Waals surface area contributed by atoms with Gasteiger partial charge in [0.15, 0.2) is 0 Å². The highest BCUT2D eigenvalue weighted by molar-refractivity contribution is 3.92. The van der Waals surface area contributed by atoms with Gasteiger partial charge < -0.3 is 0 Å². The second-order valence-electron chi connectivity index (χ2n) is 1.41. The zero-order valence-electron chi connectivity index (χ0n) is 19.4. The average molecular weight is 299 g/mol. The topological polar surface area (TPSA) is 0 Å². The molecule has 0 aromatic rings. The van der Waals surface area contributed by atoms with Gasteiger partial charge in [0.25, 0.3) is 0 Å². The van der Waals surface area contributed by atoms with Crippen LogP contribution < -0.4 is 0 Å². The second-order valence-corrected chi connectivity index (χ2v) is 1.41. The Morgan fingerprint density at radius 3 is 0.250 bits per heavy atom. The van der Waals surface area contributed by atoms with E-state index in [1.54, 1.807) is 0 Å². The first kappa shape index (κ1) is 59.7. The minimum atomic E-state index is 1.25. The maximum absolute atomic E-state index is 2.12. The van der Waals surface area contributed by atoms with E-state index >= 15 is 0 Å². The van der Waals surface area contributed by atoms with Crippen molar-refractivity contribution in [3.8, 4) is 0 Å². The second kappa shape index (κ2) is 1540. The van der Waals surface area contributed by atoms with Crippen LogP contribution in [-0.4, -0.2) is 0 Å². The van der Waals surface area contributed by atoms with Crippen molar-refractivity contribution >= 4 is 0 Å². The van der Waals surface area contributed by atoms with Crippen molar-refractivity contribution < 1.29 is 0 Å². The van der Waals surface area contributed by atoms with Gasteiger partial charge in [0.1, 0.15) is 0 Å². The summed E-state index contributed by atoms with van der Waals surface area (Å²) < 4.78 is 0. The molecule has 0 saturated heterocycles. The van der Waals surface area contributed by atoms with Crippen LogP contribution in [-0.2, 0) is 0 Å². The minimum absolute atomic E-state index is 1.25. The maximum Gasteiger partial charge on any atom is -0.0590 e. The lowest BCUT2D eigenvalue weighted by Gasteiger charge is -1.48. The first-order valence-corrected chi connectivity index (χ1v) is 9.83. The number of hydrogen-bond donors (Lipinski definition) is 0. The lowest BCUT2D eigenvalue weighted by atomic mass is 10.6. The molecule has 138 valence electrons.